The minimum Gasteiger partial charge on any atom is -0.479 e. The molecule has 0 saturated carbocycles. The molecule has 0 spiro atoms. The summed E-state index contributed by atoms with van der Waals surface area (Å²) < 4.78 is 5.26. The van der Waals surface area contributed by atoms with Gasteiger partial charge in [-0.3, -0.25) is 4.79 Å². The van der Waals surface area contributed by atoms with Crippen LogP contribution >= 0.6 is 0 Å². The van der Waals surface area contributed by atoms with Crippen LogP contribution in [0.4, 0.5) is 0 Å². The number of hydrogen-bond acceptors (Lipinski definition) is 3. The fourth-order valence-corrected chi connectivity index (χ4v) is 2.02. The minimum atomic E-state index is -0.979. The number of aliphatic carboxylic acids is 1. The van der Waals surface area contributed by atoms with Crippen LogP contribution in [-0.4, -0.2) is 47.2 Å². The molecule has 1 rings (SSSR count). The van der Waals surface area contributed by atoms with E-state index in [0.29, 0.717) is 31.8 Å². The van der Waals surface area contributed by atoms with Gasteiger partial charge >= 0.3 is 5.97 Å². The molecule has 5 heteroatoms. The second kappa shape index (κ2) is 6.00. The molecule has 0 aromatic rings. The quantitative estimate of drug-likeness (QED) is 0.785. The van der Waals surface area contributed by atoms with Gasteiger partial charge in [-0.1, -0.05) is 13.8 Å². The molecule has 1 saturated heterocycles. The van der Waals surface area contributed by atoms with Gasteiger partial charge in [-0.05, 0) is 25.7 Å². The summed E-state index contributed by atoms with van der Waals surface area (Å²) in [6, 6.07) is 0. The summed E-state index contributed by atoms with van der Waals surface area (Å²) in [6.07, 6.45) is -0.466. The van der Waals surface area contributed by atoms with Crippen LogP contribution in [0.3, 0.4) is 0 Å². The van der Waals surface area contributed by atoms with E-state index in [4.69, 9.17) is 9.84 Å². The third-order valence-electron chi connectivity index (χ3n) is 2.85. The predicted molar refractivity (Wildman–Crippen MR) is 62.6 cm³/mol. The Morgan fingerprint density at radius 1 is 1.35 bits per heavy atom. The van der Waals surface area contributed by atoms with E-state index >= 15 is 0 Å². The van der Waals surface area contributed by atoms with E-state index in [2.05, 4.69) is 0 Å². The summed E-state index contributed by atoms with van der Waals surface area (Å²) in [7, 11) is 0. The maximum atomic E-state index is 12.1. The molecule has 0 aromatic carbocycles. The SMILES string of the molecule is CCN(CC(C)C)C(=O)C1CCC(C(=O)O)O1. The molecular weight excluding hydrogens is 222 g/mol. The average molecular weight is 243 g/mol. The molecule has 1 aliphatic rings. The molecule has 0 aliphatic carbocycles. The van der Waals surface area contributed by atoms with E-state index in [1.165, 1.54) is 0 Å². The molecule has 1 aliphatic heterocycles. The molecular formula is C12H21NO4. The van der Waals surface area contributed by atoms with E-state index in [1.54, 1.807) is 4.90 Å². The summed E-state index contributed by atoms with van der Waals surface area (Å²) in [5, 5.41) is 8.80. The first-order valence-electron chi connectivity index (χ1n) is 6.12. The summed E-state index contributed by atoms with van der Waals surface area (Å²) in [4.78, 5) is 24.6. The minimum absolute atomic E-state index is 0.0787. The molecule has 17 heavy (non-hydrogen) atoms. The summed E-state index contributed by atoms with van der Waals surface area (Å²) in [5.41, 5.74) is 0. The number of hydrogen-bond donors (Lipinski definition) is 1. The second-order valence-electron chi connectivity index (χ2n) is 4.80. The van der Waals surface area contributed by atoms with Gasteiger partial charge in [-0.2, -0.15) is 0 Å². The number of carbonyl (C=O) groups is 2. The Morgan fingerprint density at radius 3 is 2.35 bits per heavy atom. The molecule has 2 unspecified atom stereocenters. The van der Waals surface area contributed by atoms with Crippen molar-refractivity contribution in [3.8, 4) is 0 Å². The molecule has 1 fully saturated rings. The first-order chi connectivity index (χ1) is 7.95. The van der Waals surface area contributed by atoms with Crippen molar-refractivity contribution in [1.82, 2.24) is 4.90 Å². The van der Waals surface area contributed by atoms with Crippen LogP contribution in [0.5, 0.6) is 0 Å². The topological polar surface area (TPSA) is 66.8 Å². The van der Waals surface area contributed by atoms with Crippen LogP contribution in [0.2, 0.25) is 0 Å². The van der Waals surface area contributed by atoms with Crippen molar-refractivity contribution in [2.45, 2.75) is 45.8 Å². The monoisotopic (exact) mass is 243 g/mol. The van der Waals surface area contributed by atoms with Gasteiger partial charge in [0.15, 0.2) is 6.10 Å². The molecule has 0 bridgehead atoms. The second-order valence-corrected chi connectivity index (χ2v) is 4.80. The first kappa shape index (κ1) is 14.0. The van der Waals surface area contributed by atoms with Crippen molar-refractivity contribution in [1.29, 1.82) is 0 Å². The Bertz CT molecular complexity index is 290. The number of rotatable bonds is 5. The van der Waals surface area contributed by atoms with E-state index in [1.807, 2.05) is 20.8 Å². The van der Waals surface area contributed by atoms with Crippen molar-refractivity contribution in [3.63, 3.8) is 0 Å². The lowest BCUT2D eigenvalue weighted by atomic mass is 10.1. The van der Waals surface area contributed by atoms with Gasteiger partial charge in [0.2, 0.25) is 0 Å². The highest BCUT2D eigenvalue weighted by Gasteiger charge is 2.36. The molecule has 2 atom stereocenters. The number of carbonyl (C=O) groups excluding carboxylic acids is 1. The fourth-order valence-electron chi connectivity index (χ4n) is 2.02. The number of ether oxygens (including phenoxy) is 1. The van der Waals surface area contributed by atoms with Gasteiger partial charge in [0.25, 0.3) is 5.91 Å². The summed E-state index contributed by atoms with van der Waals surface area (Å²) in [6.45, 7) is 7.34. The molecule has 5 nitrogen and oxygen atoms in total. The Labute approximate surface area is 102 Å². The lowest BCUT2D eigenvalue weighted by molar-refractivity contribution is -0.154. The highest BCUT2D eigenvalue weighted by atomic mass is 16.5. The van der Waals surface area contributed by atoms with Crippen molar-refractivity contribution in [2.24, 2.45) is 5.92 Å². The Balaban J connectivity index is 2.55. The number of nitrogens with zero attached hydrogens (tertiary/aromatic N) is 1. The fraction of sp³-hybridized carbons (Fsp3) is 0.833. The van der Waals surface area contributed by atoms with Crippen LogP contribution in [0.1, 0.15) is 33.6 Å². The highest BCUT2D eigenvalue weighted by molar-refractivity contribution is 5.82. The molecule has 0 aromatic heterocycles. The molecule has 1 heterocycles. The zero-order valence-corrected chi connectivity index (χ0v) is 10.7. The van der Waals surface area contributed by atoms with Crippen molar-refractivity contribution in [2.75, 3.05) is 13.1 Å². The lowest BCUT2D eigenvalue weighted by Gasteiger charge is -2.25. The zero-order valence-electron chi connectivity index (χ0n) is 10.7. The smallest absolute Gasteiger partial charge is 0.332 e. The van der Waals surface area contributed by atoms with E-state index in [-0.39, 0.29) is 5.91 Å². The predicted octanol–water partition coefficient (Wildman–Crippen LogP) is 1.12. The van der Waals surface area contributed by atoms with E-state index < -0.39 is 18.2 Å². The van der Waals surface area contributed by atoms with Gasteiger partial charge in [0.05, 0.1) is 0 Å². The van der Waals surface area contributed by atoms with Crippen LogP contribution in [0.25, 0.3) is 0 Å². The van der Waals surface area contributed by atoms with Crippen molar-refractivity contribution < 1.29 is 19.4 Å². The normalized spacial score (nSPS) is 24.0. The largest absolute Gasteiger partial charge is 0.479 e. The van der Waals surface area contributed by atoms with E-state index in [0.717, 1.165) is 0 Å². The van der Waals surface area contributed by atoms with Gasteiger partial charge < -0.3 is 14.7 Å². The Hall–Kier alpha value is -1.10. The average Bonchev–Trinajstić information content (AvgIpc) is 2.73. The van der Waals surface area contributed by atoms with Gasteiger partial charge in [-0.25, -0.2) is 4.79 Å². The van der Waals surface area contributed by atoms with E-state index in [9.17, 15) is 9.59 Å². The standard InChI is InChI=1S/C12H21NO4/c1-4-13(7-8(2)3)11(14)9-5-6-10(17-9)12(15)16/h8-10H,4-7H2,1-3H3,(H,15,16). The molecule has 98 valence electrons. The summed E-state index contributed by atoms with van der Waals surface area (Å²) >= 11 is 0. The Kier molecular flexibility index (Phi) is 4.93. The first-order valence-corrected chi connectivity index (χ1v) is 6.12. The number of carboxylic acids is 1. The highest BCUT2D eigenvalue weighted by Crippen LogP contribution is 2.21. The van der Waals surface area contributed by atoms with Crippen molar-refractivity contribution in [3.05, 3.63) is 0 Å². The maximum absolute atomic E-state index is 12.1. The Morgan fingerprint density at radius 2 is 1.94 bits per heavy atom. The lowest BCUT2D eigenvalue weighted by Crippen LogP contribution is -2.41. The van der Waals surface area contributed by atoms with Crippen LogP contribution < -0.4 is 0 Å². The molecule has 0 radical (unpaired) electrons. The maximum Gasteiger partial charge on any atom is 0.332 e. The molecule has 1 N–H and O–H groups in total. The third kappa shape index (κ3) is 3.70. The van der Waals surface area contributed by atoms with Gasteiger partial charge in [-0.15, -0.1) is 0 Å². The van der Waals surface area contributed by atoms with Gasteiger partial charge in [0.1, 0.15) is 6.10 Å². The molecule has 1 amide bonds. The van der Waals surface area contributed by atoms with Crippen LogP contribution in [0, 0.1) is 5.92 Å². The van der Waals surface area contributed by atoms with Crippen molar-refractivity contribution >= 4 is 11.9 Å². The number of likely N-dealkylation sites (N-methyl/N-ethyl adjacent to an activating group) is 1. The van der Waals surface area contributed by atoms with Crippen LogP contribution in [0.15, 0.2) is 0 Å². The van der Waals surface area contributed by atoms with Crippen LogP contribution in [-0.2, 0) is 14.3 Å². The number of amides is 1. The third-order valence-corrected chi connectivity index (χ3v) is 2.85. The zero-order chi connectivity index (χ0) is 13.0. The summed E-state index contributed by atoms with van der Waals surface area (Å²) in [5.74, 6) is -0.660. The van der Waals surface area contributed by atoms with Gasteiger partial charge in [0, 0.05) is 13.1 Å². The number of carboxylic acid groups (broad SMARTS) is 1.